The van der Waals surface area contributed by atoms with Crippen molar-refractivity contribution in [3.05, 3.63) is 29.8 Å². The number of ether oxygens (including phenoxy) is 1. The molecule has 3 rings (SSSR count). The van der Waals surface area contributed by atoms with Gasteiger partial charge in [-0.25, -0.2) is 17.9 Å². The number of fused-ring (bicyclic) bond motifs is 1. The number of nitrogens with one attached hydrogen (secondary N) is 2. The molecule has 2 aliphatic rings. The average molecular weight is 381 g/mol. The first-order valence-corrected chi connectivity index (χ1v) is 11.0. The van der Waals surface area contributed by atoms with Crippen LogP contribution in [0.4, 0.5) is 4.79 Å². The van der Waals surface area contributed by atoms with Crippen LogP contribution >= 0.6 is 0 Å². The minimum absolute atomic E-state index is 0.0471. The van der Waals surface area contributed by atoms with Crippen molar-refractivity contribution in [1.29, 1.82) is 0 Å². The van der Waals surface area contributed by atoms with E-state index in [1.165, 1.54) is 0 Å². The molecule has 0 bridgehead atoms. The Hall–Kier alpha value is -1.80. The lowest BCUT2D eigenvalue weighted by Gasteiger charge is -2.37. The van der Waals surface area contributed by atoms with Gasteiger partial charge in [-0.3, -0.25) is 0 Å². The number of amides is 2. The van der Waals surface area contributed by atoms with E-state index < -0.39 is 10.0 Å². The third kappa shape index (κ3) is 5.11. The molecule has 2 N–H and O–H groups in total. The topological polar surface area (TPSA) is 87.7 Å². The van der Waals surface area contributed by atoms with Crippen molar-refractivity contribution in [2.45, 2.75) is 44.2 Å². The Morgan fingerprint density at radius 3 is 2.92 bits per heavy atom. The van der Waals surface area contributed by atoms with Gasteiger partial charge in [-0.1, -0.05) is 18.2 Å². The van der Waals surface area contributed by atoms with Crippen molar-refractivity contribution < 1.29 is 17.9 Å². The highest BCUT2D eigenvalue weighted by atomic mass is 32.2. The molecule has 8 heteroatoms. The zero-order valence-corrected chi connectivity index (χ0v) is 15.9. The summed E-state index contributed by atoms with van der Waals surface area (Å²) in [7, 11) is -3.20. The van der Waals surface area contributed by atoms with E-state index in [2.05, 4.69) is 10.0 Å². The van der Waals surface area contributed by atoms with E-state index in [0.29, 0.717) is 26.1 Å². The summed E-state index contributed by atoms with van der Waals surface area (Å²) in [5.74, 6) is 0.890. The van der Waals surface area contributed by atoms with Gasteiger partial charge in [0.05, 0.1) is 12.3 Å². The number of piperidine rings is 1. The average Bonchev–Trinajstić information content (AvgIpc) is 2.61. The summed E-state index contributed by atoms with van der Waals surface area (Å²) in [5.41, 5.74) is 1.11. The molecule has 144 valence electrons. The minimum Gasteiger partial charge on any atom is -0.491 e. The third-order valence-corrected chi connectivity index (χ3v) is 5.66. The fourth-order valence-electron chi connectivity index (χ4n) is 3.66. The molecule has 0 aromatic heterocycles. The van der Waals surface area contributed by atoms with Crippen molar-refractivity contribution in [1.82, 2.24) is 14.9 Å². The van der Waals surface area contributed by atoms with Gasteiger partial charge in [-0.15, -0.1) is 0 Å². The Balaban J connectivity index is 1.55. The maximum Gasteiger partial charge on any atom is 0.317 e. The summed E-state index contributed by atoms with van der Waals surface area (Å²) in [6.07, 6.45) is 5.49. The molecule has 2 amide bonds. The first-order chi connectivity index (χ1) is 12.4. The van der Waals surface area contributed by atoms with Gasteiger partial charge < -0.3 is 15.0 Å². The van der Waals surface area contributed by atoms with Crippen LogP contribution in [-0.2, 0) is 16.4 Å². The number of para-hydroxylation sites is 1. The lowest BCUT2D eigenvalue weighted by atomic mass is 9.99. The third-order valence-electron chi connectivity index (χ3n) is 4.94. The van der Waals surface area contributed by atoms with Crippen LogP contribution in [0.25, 0.3) is 0 Å². The smallest absolute Gasteiger partial charge is 0.317 e. The second-order valence-corrected chi connectivity index (χ2v) is 8.90. The number of benzene rings is 1. The standard InChI is InChI=1S/C18H27N3O4S/c1-26(23,24)19-10-9-16-7-4-5-11-21(16)18(22)20-15-12-14-6-2-3-8-17(14)25-13-15/h2-3,6,8,15-16,19H,4-5,7,9-13H2,1H3,(H,20,22)/t15-,16-/m0/s1. The quantitative estimate of drug-likeness (QED) is 0.809. The Labute approximate surface area is 155 Å². The van der Waals surface area contributed by atoms with E-state index in [-0.39, 0.29) is 18.1 Å². The zero-order valence-electron chi connectivity index (χ0n) is 15.1. The van der Waals surface area contributed by atoms with Gasteiger partial charge in [0.2, 0.25) is 10.0 Å². The summed E-state index contributed by atoms with van der Waals surface area (Å²) in [5, 5.41) is 3.09. The van der Waals surface area contributed by atoms with E-state index in [9.17, 15) is 13.2 Å². The van der Waals surface area contributed by atoms with Crippen LogP contribution in [0.5, 0.6) is 5.75 Å². The summed E-state index contributed by atoms with van der Waals surface area (Å²) < 4.78 is 30.7. The lowest BCUT2D eigenvalue weighted by Crippen LogP contribution is -2.54. The summed E-state index contributed by atoms with van der Waals surface area (Å²) in [6, 6.07) is 7.82. The van der Waals surface area contributed by atoms with E-state index in [1.54, 1.807) is 0 Å². The molecule has 26 heavy (non-hydrogen) atoms. The first kappa shape index (κ1) is 19.0. The molecule has 2 aliphatic heterocycles. The first-order valence-electron chi connectivity index (χ1n) is 9.15. The molecule has 0 saturated carbocycles. The maximum absolute atomic E-state index is 12.8. The number of likely N-dealkylation sites (tertiary alicyclic amines) is 1. The molecule has 1 fully saturated rings. The van der Waals surface area contributed by atoms with Crippen LogP contribution in [0.2, 0.25) is 0 Å². The van der Waals surface area contributed by atoms with E-state index in [0.717, 1.165) is 43.3 Å². The molecule has 0 unspecified atom stereocenters. The Bertz CT molecular complexity index is 738. The Morgan fingerprint density at radius 2 is 2.12 bits per heavy atom. The van der Waals surface area contributed by atoms with Crippen molar-refractivity contribution in [2.24, 2.45) is 0 Å². The number of nitrogens with zero attached hydrogens (tertiary/aromatic N) is 1. The number of sulfonamides is 1. The van der Waals surface area contributed by atoms with Crippen molar-refractivity contribution >= 4 is 16.1 Å². The van der Waals surface area contributed by atoms with E-state index in [1.807, 2.05) is 29.2 Å². The largest absolute Gasteiger partial charge is 0.491 e. The molecule has 0 radical (unpaired) electrons. The monoisotopic (exact) mass is 381 g/mol. The summed E-state index contributed by atoms with van der Waals surface area (Å²) >= 11 is 0. The highest BCUT2D eigenvalue weighted by Gasteiger charge is 2.29. The van der Waals surface area contributed by atoms with Gasteiger partial charge in [0, 0.05) is 19.1 Å². The molecule has 2 atom stereocenters. The summed E-state index contributed by atoms with van der Waals surface area (Å²) in [4.78, 5) is 14.6. The van der Waals surface area contributed by atoms with Gasteiger partial charge in [0.15, 0.2) is 0 Å². The molecule has 0 aliphatic carbocycles. The van der Waals surface area contributed by atoms with E-state index >= 15 is 0 Å². The van der Waals surface area contributed by atoms with E-state index in [4.69, 9.17) is 4.74 Å². The van der Waals surface area contributed by atoms with Gasteiger partial charge in [-0.05, 0) is 43.7 Å². The van der Waals surface area contributed by atoms with Gasteiger partial charge in [-0.2, -0.15) is 0 Å². The molecule has 1 saturated heterocycles. The molecular formula is C18H27N3O4S. The number of carbonyl (C=O) groups is 1. The number of hydrogen-bond acceptors (Lipinski definition) is 4. The highest BCUT2D eigenvalue weighted by molar-refractivity contribution is 7.88. The second kappa shape index (κ2) is 8.26. The number of hydrogen-bond donors (Lipinski definition) is 2. The fourth-order valence-corrected chi connectivity index (χ4v) is 4.15. The van der Waals surface area contributed by atoms with Crippen molar-refractivity contribution in [2.75, 3.05) is 26.0 Å². The van der Waals surface area contributed by atoms with Crippen LogP contribution in [0.1, 0.15) is 31.2 Å². The highest BCUT2D eigenvalue weighted by Crippen LogP contribution is 2.25. The van der Waals surface area contributed by atoms with Gasteiger partial charge in [0.1, 0.15) is 12.4 Å². The maximum atomic E-state index is 12.8. The van der Waals surface area contributed by atoms with Crippen molar-refractivity contribution in [3.8, 4) is 5.75 Å². The molecule has 0 spiro atoms. The molecule has 1 aromatic carbocycles. The van der Waals surface area contributed by atoms with Crippen molar-refractivity contribution in [3.63, 3.8) is 0 Å². The van der Waals surface area contributed by atoms with Crippen LogP contribution in [0.15, 0.2) is 24.3 Å². The molecule has 7 nitrogen and oxygen atoms in total. The number of urea groups is 1. The summed E-state index contributed by atoms with van der Waals surface area (Å²) in [6.45, 7) is 1.53. The minimum atomic E-state index is -3.20. The molecular weight excluding hydrogens is 354 g/mol. The van der Waals surface area contributed by atoms with Crippen LogP contribution in [0.3, 0.4) is 0 Å². The van der Waals surface area contributed by atoms with Crippen LogP contribution in [0, 0.1) is 0 Å². The molecule has 1 aromatic rings. The van der Waals surface area contributed by atoms with Crippen LogP contribution < -0.4 is 14.8 Å². The second-order valence-electron chi connectivity index (χ2n) is 7.07. The predicted octanol–water partition coefficient (Wildman–Crippen LogP) is 1.49. The normalized spacial score (nSPS) is 23.0. The molecule has 2 heterocycles. The SMILES string of the molecule is CS(=O)(=O)NCC[C@@H]1CCCCN1C(=O)N[C@@H]1COc2ccccc2C1. The number of rotatable bonds is 5. The Kier molecular flexibility index (Phi) is 6.03. The lowest BCUT2D eigenvalue weighted by molar-refractivity contribution is 0.138. The Morgan fingerprint density at radius 1 is 1.31 bits per heavy atom. The zero-order chi connectivity index (χ0) is 18.6. The predicted molar refractivity (Wildman–Crippen MR) is 99.8 cm³/mol. The van der Waals surface area contributed by atoms with Gasteiger partial charge in [0.25, 0.3) is 0 Å². The number of carbonyl (C=O) groups excluding carboxylic acids is 1. The van der Waals surface area contributed by atoms with Gasteiger partial charge >= 0.3 is 6.03 Å². The fraction of sp³-hybridized carbons (Fsp3) is 0.611. The van der Waals surface area contributed by atoms with Crippen LogP contribution in [-0.4, -0.2) is 57.4 Å².